The van der Waals surface area contributed by atoms with Crippen molar-refractivity contribution in [1.82, 2.24) is 15.2 Å². The number of aromatic carboxylic acids is 1. The number of thiocarbonyl (C=S) groups is 1. The van der Waals surface area contributed by atoms with Gasteiger partial charge in [-0.05, 0) is 61.1 Å². The van der Waals surface area contributed by atoms with Gasteiger partial charge in [-0.1, -0.05) is 31.0 Å². The second kappa shape index (κ2) is 9.08. The lowest BCUT2D eigenvalue weighted by atomic mass is 10.0. The number of furan rings is 1. The minimum absolute atomic E-state index is 0.150. The van der Waals surface area contributed by atoms with E-state index in [9.17, 15) is 9.90 Å². The summed E-state index contributed by atoms with van der Waals surface area (Å²) < 4.78 is 6.23. The number of unbranched alkanes of at least 4 members (excludes halogenated alkanes) is 1. The van der Waals surface area contributed by atoms with Crippen LogP contribution < -0.4 is 5.32 Å². The fourth-order valence-electron chi connectivity index (χ4n) is 3.79. The lowest BCUT2D eigenvalue weighted by molar-refractivity contribution is 0.0697. The van der Waals surface area contributed by atoms with Crippen molar-refractivity contribution >= 4 is 34.9 Å². The first-order valence-corrected chi connectivity index (χ1v) is 10.9. The van der Waals surface area contributed by atoms with Crippen molar-refractivity contribution in [3.05, 3.63) is 76.8 Å². The highest BCUT2D eigenvalue weighted by molar-refractivity contribution is 7.80. The van der Waals surface area contributed by atoms with Crippen LogP contribution in [-0.2, 0) is 0 Å². The average molecular weight is 456 g/mol. The van der Waals surface area contributed by atoms with Gasteiger partial charge in [-0.2, -0.15) is 0 Å². The van der Waals surface area contributed by atoms with Crippen molar-refractivity contribution in [3.63, 3.8) is 0 Å². The normalized spacial score (nSPS) is 18.3. The Kier molecular flexibility index (Phi) is 6.25. The minimum Gasteiger partial charge on any atom is -0.478 e. The van der Waals surface area contributed by atoms with Gasteiger partial charge in [0.15, 0.2) is 5.11 Å². The molecule has 0 spiro atoms. The van der Waals surface area contributed by atoms with Crippen molar-refractivity contribution in [2.45, 2.75) is 31.8 Å². The maximum atomic E-state index is 11.4. The third-order valence-corrected chi connectivity index (χ3v) is 6.03. The van der Waals surface area contributed by atoms with Crippen LogP contribution >= 0.6 is 23.8 Å². The van der Waals surface area contributed by atoms with Crippen LogP contribution in [0.1, 0.15) is 53.7 Å². The Morgan fingerprint density at radius 1 is 1.29 bits per heavy atom. The van der Waals surface area contributed by atoms with E-state index in [1.165, 1.54) is 12.1 Å². The molecule has 0 amide bonds. The van der Waals surface area contributed by atoms with E-state index >= 15 is 0 Å². The molecule has 31 heavy (non-hydrogen) atoms. The van der Waals surface area contributed by atoms with E-state index in [2.05, 4.69) is 22.1 Å². The Morgan fingerprint density at radius 2 is 2.13 bits per heavy atom. The van der Waals surface area contributed by atoms with E-state index in [4.69, 9.17) is 28.2 Å². The largest absolute Gasteiger partial charge is 0.478 e. The average Bonchev–Trinajstić information content (AvgIpc) is 3.37. The summed E-state index contributed by atoms with van der Waals surface area (Å²) in [6, 6.07) is 13.7. The van der Waals surface area contributed by atoms with E-state index in [-0.39, 0.29) is 17.6 Å². The standard InChI is InChI=1S/C23H22ClN3O3S/c1-2-3-12-27-21(20(26-23(27)31)17-6-4-5-11-25-17)19-10-9-18(30-19)15-13-14(22(28)29)7-8-16(15)24/h4-11,13,20-21H,2-3,12H2,1H3,(H,26,31)(H,28,29)/t20-,21+/m1/s1. The number of aromatic nitrogens is 1. The van der Waals surface area contributed by atoms with Crippen LogP contribution in [0.25, 0.3) is 11.3 Å². The quantitative estimate of drug-likeness (QED) is 0.457. The Bertz CT molecular complexity index is 1100. The van der Waals surface area contributed by atoms with Crippen LogP contribution in [0.4, 0.5) is 0 Å². The van der Waals surface area contributed by atoms with Gasteiger partial charge in [0.2, 0.25) is 0 Å². The van der Waals surface area contributed by atoms with Crippen molar-refractivity contribution in [3.8, 4) is 11.3 Å². The number of pyridine rings is 1. The molecule has 1 aliphatic rings. The molecule has 1 fully saturated rings. The smallest absolute Gasteiger partial charge is 0.335 e. The van der Waals surface area contributed by atoms with E-state index in [1.807, 2.05) is 30.3 Å². The summed E-state index contributed by atoms with van der Waals surface area (Å²) in [4.78, 5) is 18.0. The highest BCUT2D eigenvalue weighted by atomic mass is 35.5. The molecular formula is C23H22ClN3O3S. The predicted octanol–water partition coefficient (Wildman–Crippen LogP) is 5.47. The molecule has 6 nitrogen and oxygen atoms in total. The van der Waals surface area contributed by atoms with Gasteiger partial charge in [-0.3, -0.25) is 4.98 Å². The summed E-state index contributed by atoms with van der Waals surface area (Å²) in [7, 11) is 0. The molecular weight excluding hydrogens is 434 g/mol. The first-order valence-electron chi connectivity index (χ1n) is 10.1. The molecule has 1 aliphatic heterocycles. The number of benzene rings is 1. The Labute approximate surface area is 190 Å². The maximum Gasteiger partial charge on any atom is 0.335 e. The van der Waals surface area contributed by atoms with Crippen molar-refractivity contribution in [2.75, 3.05) is 6.54 Å². The molecule has 0 radical (unpaired) electrons. The summed E-state index contributed by atoms with van der Waals surface area (Å²) >= 11 is 12.0. The zero-order valence-electron chi connectivity index (χ0n) is 16.9. The third-order valence-electron chi connectivity index (χ3n) is 5.35. The highest BCUT2D eigenvalue weighted by Crippen LogP contribution is 2.41. The number of nitrogens with zero attached hydrogens (tertiary/aromatic N) is 2. The SMILES string of the molecule is CCCCN1C(=S)N[C@H](c2ccccn2)[C@@H]1c1ccc(-c2cc(C(=O)O)ccc2Cl)o1. The van der Waals surface area contributed by atoms with Crippen LogP contribution in [0.3, 0.4) is 0 Å². The molecule has 3 aromatic rings. The first kappa shape index (κ1) is 21.3. The Hall–Kier alpha value is -2.90. The number of nitrogens with one attached hydrogen (secondary N) is 1. The molecule has 3 heterocycles. The molecule has 2 aromatic heterocycles. The van der Waals surface area contributed by atoms with E-state index in [0.717, 1.165) is 25.1 Å². The van der Waals surface area contributed by atoms with E-state index in [1.54, 1.807) is 12.3 Å². The van der Waals surface area contributed by atoms with Crippen LogP contribution in [0.2, 0.25) is 5.02 Å². The molecule has 160 valence electrons. The molecule has 0 unspecified atom stereocenters. The topological polar surface area (TPSA) is 78.6 Å². The fraction of sp³-hybridized carbons (Fsp3) is 0.261. The van der Waals surface area contributed by atoms with Gasteiger partial charge in [-0.25, -0.2) is 4.79 Å². The first-order chi connectivity index (χ1) is 15.0. The second-order valence-electron chi connectivity index (χ2n) is 7.38. The Balaban J connectivity index is 1.74. The number of carboxylic acids is 1. The number of carbonyl (C=O) groups is 1. The van der Waals surface area contributed by atoms with Crippen LogP contribution in [0.5, 0.6) is 0 Å². The van der Waals surface area contributed by atoms with Gasteiger partial charge >= 0.3 is 5.97 Å². The number of hydrogen-bond donors (Lipinski definition) is 2. The number of halogens is 1. The summed E-state index contributed by atoms with van der Waals surface area (Å²) in [5, 5.41) is 13.8. The molecule has 2 atom stereocenters. The molecule has 2 N–H and O–H groups in total. The summed E-state index contributed by atoms with van der Waals surface area (Å²) in [6.45, 7) is 2.93. The zero-order valence-corrected chi connectivity index (χ0v) is 18.5. The number of carboxylic acid groups (broad SMARTS) is 1. The fourth-order valence-corrected chi connectivity index (χ4v) is 4.33. The lowest BCUT2D eigenvalue weighted by Crippen LogP contribution is -2.30. The molecule has 0 saturated carbocycles. The lowest BCUT2D eigenvalue weighted by Gasteiger charge is -2.25. The molecule has 1 saturated heterocycles. The predicted molar refractivity (Wildman–Crippen MR) is 123 cm³/mol. The van der Waals surface area contributed by atoms with E-state index < -0.39 is 5.97 Å². The molecule has 8 heteroatoms. The summed E-state index contributed by atoms with van der Waals surface area (Å²) in [5.41, 5.74) is 1.56. The highest BCUT2D eigenvalue weighted by Gasteiger charge is 2.41. The van der Waals surface area contributed by atoms with Crippen molar-refractivity contribution < 1.29 is 14.3 Å². The second-order valence-corrected chi connectivity index (χ2v) is 8.17. The van der Waals surface area contributed by atoms with Crippen LogP contribution in [-0.4, -0.2) is 32.6 Å². The molecule has 0 bridgehead atoms. The molecule has 1 aromatic carbocycles. The van der Waals surface area contributed by atoms with Gasteiger partial charge in [-0.15, -0.1) is 0 Å². The Morgan fingerprint density at radius 3 is 2.84 bits per heavy atom. The van der Waals surface area contributed by atoms with E-state index in [0.29, 0.717) is 27.2 Å². The molecule has 4 rings (SSSR count). The van der Waals surface area contributed by atoms with Gasteiger partial charge in [0.05, 0.1) is 22.3 Å². The van der Waals surface area contributed by atoms with Crippen LogP contribution in [0.15, 0.2) is 59.1 Å². The number of rotatable bonds is 7. The van der Waals surface area contributed by atoms with Gasteiger partial charge in [0, 0.05) is 18.3 Å². The van der Waals surface area contributed by atoms with Gasteiger partial charge in [0.1, 0.15) is 17.6 Å². The maximum absolute atomic E-state index is 11.4. The summed E-state index contributed by atoms with van der Waals surface area (Å²) in [6.07, 6.45) is 3.80. The van der Waals surface area contributed by atoms with Crippen LogP contribution in [0, 0.1) is 0 Å². The third kappa shape index (κ3) is 4.29. The monoisotopic (exact) mass is 455 g/mol. The van der Waals surface area contributed by atoms with Crippen molar-refractivity contribution in [1.29, 1.82) is 0 Å². The molecule has 0 aliphatic carbocycles. The zero-order chi connectivity index (χ0) is 22.0. The van der Waals surface area contributed by atoms with Gasteiger partial charge in [0.25, 0.3) is 0 Å². The minimum atomic E-state index is -1.02. The van der Waals surface area contributed by atoms with Crippen molar-refractivity contribution in [2.24, 2.45) is 0 Å². The summed E-state index contributed by atoms with van der Waals surface area (Å²) in [5.74, 6) is 0.207. The van der Waals surface area contributed by atoms with Gasteiger partial charge < -0.3 is 19.7 Å². The number of hydrogen-bond acceptors (Lipinski definition) is 4.